The average Bonchev–Trinajstić information content (AvgIpc) is 2.03. The zero-order chi connectivity index (χ0) is 9.56. The zero-order valence-corrected chi connectivity index (χ0v) is 9.12. The predicted molar refractivity (Wildman–Crippen MR) is 57.7 cm³/mol. The Labute approximate surface area is 86.0 Å². The Morgan fingerprint density at radius 2 is 1.77 bits per heavy atom. The Morgan fingerprint density at radius 1 is 1.23 bits per heavy atom. The van der Waals surface area contributed by atoms with Gasteiger partial charge < -0.3 is 11.5 Å². The van der Waals surface area contributed by atoms with E-state index in [2.05, 4.69) is 0 Å². The van der Waals surface area contributed by atoms with Crippen molar-refractivity contribution in [2.45, 2.75) is 33.1 Å². The molecule has 0 saturated carbocycles. The van der Waals surface area contributed by atoms with Gasteiger partial charge in [0.2, 0.25) is 5.91 Å². The van der Waals surface area contributed by atoms with Gasteiger partial charge in [-0.2, -0.15) is 0 Å². The van der Waals surface area contributed by atoms with Crippen molar-refractivity contribution in [2.24, 2.45) is 11.5 Å². The van der Waals surface area contributed by atoms with Crippen molar-refractivity contribution in [3.63, 3.8) is 0 Å². The average molecular weight is 207 g/mol. The maximum atomic E-state index is 10.7. The summed E-state index contributed by atoms with van der Waals surface area (Å²) in [7, 11) is 0. The van der Waals surface area contributed by atoms with E-state index in [4.69, 9.17) is 11.5 Å². The molecule has 0 radical (unpaired) electrons. The standard InChI is InChI=1S/C9H18N2O.ClH/c1-7(5-3-4-6-10)8(2)9(11)12;/h3-6,10H2,1-2H3,(H2,11,12);1H. The molecule has 0 spiro atoms. The molecule has 13 heavy (non-hydrogen) atoms. The summed E-state index contributed by atoms with van der Waals surface area (Å²) in [5, 5.41) is 0. The predicted octanol–water partition coefficient (Wildman–Crippen LogP) is 1.36. The number of allylic oxidation sites excluding steroid dienone is 1. The first-order chi connectivity index (χ1) is 5.59. The molecule has 0 aromatic rings. The Kier molecular flexibility index (Phi) is 9.29. The number of unbranched alkanes of at least 4 members (excludes halogenated alkanes) is 1. The van der Waals surface area contributed by atoms with Gasteiger partial charge in [-0.15, -0.1) is 12.4 Å². The molecule has 0 heterocycles. The van der Waals surface area contributed by atoms with Gasteiger partial charge >= 0.3 is 0 Å². The number of carbonyl (C=O) groups is 1. The molecule has 0 unspecified atom stereocenters. The van der Waals surface area contributed by atoms with Crippen LogP contribution < -0.4 is 11.5 Å². The van der Waals surface area contributed by atoms with Gasteiger partial charge in [-0.1, -0.05) is 5.57 Å². The number of nitrogens with two attached hydrogens (primary N) is 2. The highest BCUT2D eigenvalue weighted by Gasteiger charge is 2.01. The van der Waals surface area contributed by atoms with Gasteiger partial charge in [0.05, 0.1) is 0 Å². The van der Waals surface area contributed by atoms with Crippen LogP contribution >= 0.6 is 12.4 Å². The molecule has 1 amide bonds. The van der Waals surface area contributed by atoms with Crippen molar-refractivity contribution in [2.75, 3.05) is 6.54 Å². The van der Waals surface area contributed by atoms with Gasteiger partial charge in [0.1, 0.15) is 0 Å². The number of carbonyl (C=O) groups excluding carboxylic acids is 1. The molecule has 4 heteroatoms. The Morgan fingerprint density at radius 3 is 2.15 bits per heavy atom. The molecule has 3 nitrogen and oxygen atoms in total. The molecule has 0 aliphatic heterocycles. The van der Waals surface area contributed by atoms with E-state index in [9.17, 15) is 4.79 Å². The molecule has 0 aliphatic rings. The van der Waals surface area contributed by atoms with Crippen LogP contribution in [0.1, 0.15) is 33.1 Å². The molecule has 0 aliphatic carbocycles. The largest absolute Gasteiger partial charge is 0.366 e. The van der Waals surface area contributed by atoms with Crippen molar-refractivity contribution in [3.05, 3.63) is 11.1 Å². The van der Waals surface area contributed by atoms with E-state index in [-0.39, 0.29) is 18.3 Å². The normalized spacial score (nSPS) is 11.6. The van der Waals surface area contributed by atoms with Crippen LogP contribution in [0.5, 0.6) is 0 Å². The lowest BCUT2D eigenvalue weighted by Crippen LogP contribution is -2.13. The molecule has 0 atom stereocenters. The number of rotatable bonds is 5. The van der Waals surface area contributed by atoms with Crippen LogP contribution in [0.3, 0.4) is 0 Å². The van der Waals surface area contributed by atoms with Gasteiger partial charge in [0, 0.05) is 5.57 Å². The summed E-state index contributed by atoms with van der Waals surface area (Å²) >= 11 is 0. The fraction of sp³-hybridized carbons (Fsp3) is 0.667. The Balaban J connectivity index is 0. The minimum absolute atomic E-state index is 0. The topological polar surface area (TPSA) is 69.1 Å². The van der Waals surface area contributed by atoms with Crippen LogP contribution in [0.2, 0.25) is 0 Å². The number of hydrogen-bond acceptors (Lipinski definition) is 2. The highest BCUT2D eigenvalue weighted by Crippen LogP contribution is 2.10. The van der Waals surface area contributed by atoms with Gasteiger partial charge in [0.25, 0.3) is 0 Å². The van der Waals surface area contributed by atoms with Crippen LogP contribution in [0.4, 0.5) is 0 Å². The third kappa shape index (κ3) is 6.61. The summed E-state index contributed by atoms with van der Waals surface area (Å²) in [6.45, 7) is 4.42. The van der Waals surface area contributed by atoms with Crippen LogP contribution in [-0.4, -0.2) is 12.5 Å². The number of amides is 1. The van der Waals surface area contributed by atoms with E-state index in [1.807, 2.05) is 6.92 Å². The molecule has 4 N–H and O–H groups in total. The van der Waals surface area contributed by atoms with Crippen molar-refractivity contribution >= 4 is 18.3 Å². The van der Waals surface area contributed by atoms with Crippen LogP contribution in [0, 0.1) is 0 Å². The smallest absolute Gasteiger partial charge is 0.244 e. The van der Waals surface area contributed by atoms with Crippen molar-refractivity contribution in [1.82, 2.24) is 0 Å². The van der Waals surface area contributed by atoms with Gasteiger partial charge in [-0.3, -0.25) is 4.79 Å². The van der Waals surface area contributed by atoms with E-state index in [0.717, 1.165) is 24.8 Å². The summed E-state index contributed by atoms with van der Waals surface area (Å²) in [5.41, 5.74) is 12.2. The number of hydrogen-bond donors (Lipinski definition) is 2. The number of halogens is 1. The second kappa shape index (κ2) is 8.08. The lowest BCUT2D eigenvalue weighted by Gasteiger charge is -2.03. The monoisotopic (exact) mass is 206 g/mol. The molecular formula is C9H19ClN2O. The van der Waals surface area contributed by atoms with E-state index in [1.54, 1.807) is 6.92 Å². The van der Waals surface area contributed by atoms with Crippen molar-refractivity contribution < 1.29 is 4.79 Å². The van der Waals surface area contributed by atoms with Gasteiger partial charge in [0.15, 0.2) is 0 Å². The Hall–Kier alpha value is -0.540. The van der Waals surface area contributed by atoms with E-state index in [0.29, 0.717) is 12.1 Å². The molecule has 78 valence electrons. The molecule has 0 rings (SSSR count). The summed E-state index contributed by atoms with van der Waals surface area (Å²) in [6.07, 6.45) is 2.96. The zero-order valence-electron chi connectivity index (χ0n) is 8.30. The first-order valence-electron chi connectivity index (χ1n) is 4.25. The minimum Gasteiger partial charge on any atom is -0.366 e. The highest BCUT2D eigenvalue weighted by molar-refractivity contribution is 5.91. The first kappa shape index (κ1) is 15.0. The van der Waals surface area contributed by atoms with Crippen LogP contribution in [0.25, 0.3) is 0 Å². The van der Waals surface area contributed by atoms with E-state index >= 15 is 0 Å². The van der Waals surface area contributed by atoms with Crippen LogP contribution in [0.15, 0.2) is 11.1 Å². The maximum Gasteiger partial charge on any atom is 0.244 e. The second-order valence-corrected chi connectivity index (χ2v) is 3.02. The lowest BCUT2D eigenvalue weighted by molar-refractivity contribution is -0.114. The van der Waals surface area contributed by atoms with E-state index in [1.165, 1.54) is 0 Å². The molecule has 0 bridgehead atoms. The highest BCUT2D eigenvalue weighted by atomic mass is 35.5. The summed E-state index contributed by atoms with van der Waals surface area (Å²) in [4.78, 5) is 10.7. The van der Waals surface area contributed by atoms with Gasteiger partial charge in [-0.25, -0.2) is 0 Å². The van der Waals surface area contributed by atoms with Crippen molar-refractivity contribution in [1.29, 1.82) is 0 Å². The molecular weight excluding hydrogens is 188 g/mol. The second-order valence-electron chi connectivity index (χ2n) is 3.02. The van der Waals surface area contributed by atoms with Gasteiger partial charge in [-0.05, 0) is 39.7 Å². The Bertz CT molecular complexity index is 190. The minimum atomic E-state index is -0.319. The first-order valence-corrected chi connectivity index (χ1v) is 4.25. The number of primary amides is 1. The van der Waals surface area contributed by atoms with Crippen LogP contribution in [-0.2, 0) is 4.79 Å². The lowest BCUT2D eigenvalue weighted by atomic mass is 10.0. The molecule has 0 aromatic carbocycles. The fourth-order valence-electron chi connectivity index (χ4n) is 0.932. The molecule has 0 aromatic heterocycles. The molecule has 0 fully saturated rings. The summed E-state index contributed by atoms with van der Waals surface area (Å²) in [6, 6.07) is 0. The fourth-order valence-corrected chi connectivity index (χ4v) is 0.932. The molecule has 0 saturated heterocycles. The third-order valence-electron chi connectivity index (χ3n) is 2.02. The summed E-state index contributed by atoms with van der Waals surface area (Å²) < 4.78 is 0. The quantitative estimate of drug-likeness (QED) is 0.527. The van der Waals surface area contributed by atoms with E-state index < -0.39 is 0 Å². The maximum absolute atomic E-state index is 10.7. The summed E-state index contributed by atoms with van der Waals surface area (Å²) in [5.74, 6) is -0.319. The SMILES string of the molecule is CC(CCCCN)=C(C)C(N)=O.Cl. The third-order valence-corrected chi connectivity index (χ3v) is 2.02. The van der Waals surface area contributed by atoms with Crippen molar-refractivity contribution in [3.8, 4) is 0 Å².